The maximum atomic E-state index is 12.6. The van der Waals surface area contributed by atoms with Crippen LogP contribution >= 0.6 is 11.6 Å². The van der Waals surface area contributed by atoms with Crippen LogP contribution in [0, 0.1) is 10.1 Å². The lowest BCUT2D eigenvalue weighted by atomic mass is 10.1. The van der Waals surface area contributed by atoms with Crippen molar-refractivity contribution in [1.82, 2.24) is 4.90 Å². The number of rotatable bonds is 3. The number of nitro benzene ring substituents is 1. The number of carbonyl (C=O) groups excluding carboxylic acids is 1. The van der Waals surface area contributed by atoms with Crippen molar-refractivity contribution < 1.29 is 9.72 Å². The van der Waals surface area contributed by atoms with Gasteiger partial charge < -0.3 is 4.90 Å². The lowest BCUT2D eigenvalue weighted by Crippen LogP contribution is -2.36. The van der Waals surface area contributed by atoms with E-state index in [1.165, 1.54) is 31.0 Å². The van der Waals surface area contributed by atoms with Gasteiger partial charge in [0.15, 0.2) is 0 Å². The summed E-state index contributed by atoms with van der Waals surface area (Å²) in [5.74, 6) is -0.240. The van der Waals surface area contributed by atoms with E-state index >= 15 is 0 Å². The van der Waals surface area contributed by atoms with E-state index in [1.807, 2.05) is 0 Å². The maximum absolute atomic E-state index is 12.6. The first-order chi connectivity index (χ1) is 10.0. The van der Waals surface area contributed by atoms with Crippen LogP contribution in [0.1, 0.15) is 48.9 Å². The predicted molar refractivity (Wildman–Crippen MR) is 81.7 cm³/mol. The van der Waals surface area contributed by atoms with Gasteiger partial charge in [-0.15, -0.1) is 0 Å². The minimum absolute atomic E-state index is 0.114. The molecule has 0 saturated heterocycles. The number of hydrogen-bond acceptors (Lipinski definition) is 3. The van der Waals surface area contributed by atoms with Crippen LogP contribution in [-0.2, 0) is 0 Å². The first-order valence-electron chi connectivity index (χ1n) is 7.22. The Bertz CT molecular complexity index is 540. The van der Waals surface area contributed by atoms with Crippen LogP contribution in [-0.4, -0.2) is 28.8 Å². The van der Waals surface area contributed by atoms with Crippen molar-refractivity contribution in [2.24, 2.45) is 0 Å². The van der Waals surface area contributed by atoms with Gasteiger partial charge in [-0.1, -0.05) is 37.3 Å². The Hall–Kier alpha value is -1.62. The first kappa shape index (κ1) is 15.8. The second kappa shape index (κ2) is 6.89. The van der Waals surface area contributed by atoms with Crippen molar-refractivity contribution >= 4 is 23.2 Å². The van der Waals surface area contributed by atoms with Gasteiger partial charge in [0.2, 0.25) is 0 Å². The molecule has 0 spiro atoms. The van der Waals surface area contributed by atoms with Gasteiger partial charge in [-0.3, -0.25) is 14.9 Å². The molecular weight excluding hydrogens is 292 g/mol. The molecular formula is C15H19ClN2O3. The van der Waals surface area contributed by atoms with Gasteiger partial charge in [-0.05, 0) is 18.9 Å². The van der Waals surface area contributed by atoms with Crippen LogP contribution in [0.4, 0.5) is 5.69 Å². The highest BCUT2D eigenvalue weighted by molar-refractivity contribution is 6.33. The van der Waals surface area contributed by atoms with E-state index in [9.17, 15) is 14.9 Å². The second-order valence-corrected chi connectivity index (χ2v) is 5.89. The van der Waals surface area contributed by atoms with Crippen molar-refractivity contribution in [3.63, 3.8) is 0 Å². The normalized spacial score (nSPS) is 16.3. The third-order valence-corrected chi connectivity index (χ3v) is 4.41. The summed E-state index contributed by atoms with van der Waals surface area (Å²) >= 11 is 6.04. The third kappa shape index (κ3) is 3.73. The fourth-order valence-corrected chi connectivity index (χ4v) is 2.99. The highest BCUT2D eigenvalue weighted by atomic mass is 35.5. The fraction of sp³-hybridized carbons (Fsp3) is 0.533. The first-order valence-corrected chi connectivity index (χ1v) is 7.59. The van der Waals surface area contributed by atoms with Gasteiger partial charge in [-0.2, -0.15) is 0 Å². The molecule has 0 radical (unpaired) electrons. The Morgan fingerprint density at radius 2 is 1.90 bits per heavy atom. The summed E-state index contributed by atoms with van der Waals surface area (Å²) in [7, 11) is 1.76. The molecule has 0 aliphatic heterocycles. The standard InChI is InChI=1S/C15H19ClN2O3/c1-17(11-6-4-2-3-5-7-11)15(19)13-10-12(18(20)21)8-9-14(13)16/h8-11H,2-7H2,1H3. The Morgan fingerprint density at radius 3 is 2.48 bits per heavy atom. The van der Waals surface area contributed by atoms with Crippen LogP contribution in [0.15, 0.2) is 18.2 Å². The summed E-state index contributed by atoms with van der Waals surface area (Å²) in [4.78, 5) is 24.6. The number of nitrogens with zero attached hydrogens (tertiary/aromatic N) is 2. The zero-order valence-corrected chi connectivity index (χ0v) is 12.8. The molecule has 1 aromatic rings. The van der Waals surface area contributed by atoms with Crippen LogP contribution < -0.4 is 0 Å². The number of benzene rings is 1. The topological polar surface area (TPSA) is 63.5 Å². The van der Waals surface area contributed by atoms with E-state index in [2.05, 4.69) is 0 Å². The molecule has 0 bridgehead atoms. The number of nitro groups is 1. The number of halogens is 1. The minimum atomic E-state index is -0.515. The Labute approximate surface area is 129 Å². The van der Waals surface area contributed by atoms with Gasteiger partial charge in [0.05, 0.1) is 15.5 Å². The van der Waals surface area contributed by atoms with E-state index < -0.39 is 4.92 Å². The number of amides is 1. The van der Waals surface area contributed by atoms with E-state index in [0.717, 1.165) is 25.7 Å². The van der Waals surface area contributed by atoms with E-state index in [0.29, 0.717) is 0 Å². The van der Waals surface area contributed by atoms with E-state index in [4.69, 9.17) is 11.6 Å². The molecule has 2 rings (SSSR count). The Balaban J connectivity index is 2.21. The van der Waals surface area contributed by atoms with Gasteiger partial charge in [0, 0.05) is 25.2 Å². The Morgan fingerprint density at radius 1 is 1.29 bits per heavy atom. The lowest BCUT2D eigenvalue weighted by molar-refractivity contribution is -0.384. The molecule has 0 heterocycles. The Kier molecular flexibility index (Phi) is 5.17. The van der Waals surface area contributed by atoms with Gasteiger partial charge in [0.1, 0.15) is 0 Å². The highest BCUT2D eigenvalue weighted by Crippen LogP contribution is 2.26. The number of carbonyl (C=O) groups is 1. The molecule has 1 saturated carbocycles. The summed E-state index contributed by atoms with van der Waals surface area (Å²) in [5, 5.41) is 11.1. The third-order valence-electron chi connectivity index (χ3n) is 4.08. The molecule has 6 heteroatoms. The molecule has 0 unspecified atom stereocenters. The molecule has 5 nitrogen and oxygen atoms in total. The van der Waals surface area contributed by atoms with Crippen LogP contribution in [0.25, 0.3) is 0 Å². The monoisotopic (exact) mass is 310 g/mol. The fourth-order valence-electron chi connectivity index (χ4n) is 2.79. The molecule has 1 aromatic carbocycles. The van der Waals surface area contributed by atoms with E-state index in [1.54, 1.807) is 11.9 Å². The van der Waals surface area contributed by atoms with Crippen molar-refractivity contribution in [2.75, 3.05) is 7.05 Å². The minimum Gasteiger partial charge on any atom is -0.339 e. The highest BCUT2D eigenvalue weighted by Gasteiger charge is 2.25. The van der Waals surface area contributed by atoms with Crippen molar-refractivity contribution in [2.45, 2.75) is 44.6 Å². The summed E-state index contributed by atoms with van der Waals surface area (Å²) < 4.78 is 0. The summed E-state index contributed by atoms with van der Waals surface area (Å²) in [5.41, 5.74) is 0.0922. The molecule has 1 aliphatic rings. The van der Waals surface area contributed by atoms with E-state index in [-0.39, 0.29) is 28.2 Å². The zero-order valence-electron chi connectivity index (χ0n) is 12.0. The maximum Gasteiger partial charge on any atom is 0.270 e. The van der Waals surface area contributed by atoms with Crippen LogP contribution in [0.5, 0.6) is 0 Å². The number of hydrogen-bond donors (Lipinski definition) is 0. The van der Waals surface area contributed by atoms with Crippen molar-refractivity contribution in [3.8, 4) is 0 Å². The summed E-state index contributed by atoms with van der Waals surface area (Å²) in [6, 6.07) is 4.17. The SMILES string of the molecule is CN(C(=O)c1cc([N+](=O)[O-])ccc1Cl)C1CCCCCC1. The van der Waals surface area contributed by atoms with Crippen LogP contribution in [0.3, 0.4) is 0 Å². The molecule has 21 heavy (non-hydrogen) atoms. The average Bonchev–Trinajstić information content (AvgIpc) is 2.75. The second-order valence-electron chi connectivity index (χ2n) is 5.48. The summed E-state index contributed by atoms with van der Waals surface area (Å²) in [6.07, 6.45) is 6.60. The predicted octanol–water partition coefficient (Wildman–Crippen LogP) is 4.04. The average molecular weight is 311 g/mol. The molecule has 114 valence electrons. The van der Waals surface area contributed by atoms with Crippen molar-refractivity contribution in [1.29, 1.82) is 0 Å². The summed E-state index contributed by atoms with van der Waals surface area (Å²) in [6.45, 7) is 0. The molecule has 1 amide bonds. The van der Waals surface area contributed by atoms with Crippen molar-refractivity contribution in [3.05, 3.63) is 38.9 Å². The lowest BCUT2D eigenvalue weighted by Gasteiger charge is -2.27. The molecule has 0 aromatic heterocycles. The quantitative estimate of drug-likeness (QED) is 0.481. The smallest absolute Gasteiger partial charge is 0.270 e. The van der Waals surface area contributed by atoms with Crippen LogP contribution in [0.2, 0.25) is 5.02 Å². The van der Waals surface area contributed by atoms with Gasteiger partial charge in [0.25, 0.3) is 11.6 Å². The zero-order chi connectivity index (χ0) is 15.4. The van der Waals surface area contributed by atoms with Gasteiger partial charge in [-0.25, -0.2) is 0 Å². The molecule has 1 fully saturated rings. The number of non-ortho nitro benzene ring substituents is 1. The van der Waals surface area contributed by atoms with Gasteiger partial charge >= 0.3 is 0 Å². The molecule has 1 aliphatic carbocycles. The molecule has 0 atom stereocenters. The largest absolute Gasteiger partial charge is 0.339 e. The molecule has 0 N–H and O–H groups in total.